The number of guanidine groups is 1. The first-order chi connectivity index (χ1) is 9.69. The van der Waals surface area contributed by atoms with Gasteiger partial charge in [0.15, 0.2) is 17.5 Å². The first-order valence-electron chi connectivity index (χ1n) is 6.12. The van der Waals surface area contributed by atoms with Crippen molar-refractivity contribution in [3.63, 3.8) is 0 Å². The van der Waals surface area contributed by atoms with Gasteiger partial charge in [0.05, 0.1) is 0 Å². The molecule has 1 aromatic heterocycles. The number of hydrogen-bond acceptors (Lipinski definition) is 3. The standard InChI is InChI=1S/C14H16FN3OS.HI/c1-16-14(18-8-11-4-5-20-9-11)17-7-10-2-3-13(19)12(15)6-10;/h2-6,9,19H,7-8H2,1H3,(H2,16,17,18);1H. The van der Waals surface area contributed by atoms with Crippen LogP contribution in [0.25, 0.3) is 0 Å². The summed E-state index contributed by atoms with van der Waals surface area (Å²) in [6, 6.07) is 6.35. The predicted molar refractivity (Wildman–Crippen MR) is 94.8 cm³/mol. The SMILES string of the molecule is CN=C(NCc1ccsc1)NCc1ccc(O)c(F)c1.I. The summed E-state index contributed by atoms with van der Waals surface area (Å²) in [5.74, 6) is -0.316. The van der Waals surface area contributed by atoms with E-state index in [2.05, 4.69) is 21.0 Å². The number of nitrogens with zero attached hydrogens (tertiary/aromatic N) is 1. The number of aliphatic imine (C=N–C) groups is 1. The Bertz CT molecular complexity index is 590. The maximum atomic E-state index is 13.2. The molecule has 1 aromatic carbocycles. The van der Waals surface area contributed by atoms with Gasteiger partial charge in [0, 0.05) is 20.1 Å². The molecule has 0 aliphatic carbocycles. The zero-order valence-electron chi connectivity index (χ0n) is 11.5. The molecule has 4 nitrogen and oxygen atoms in total. The molecular weight excluding hydrogens is 404 g/mol. The maximum Gasteiger partial charge on any atom is 0.191 e. The summed E-state index contributed by atoms with van der Waals surface area (Å²) in [6.07, 6.45) is 0. The Kier molecular flexibility index (Phi) is 7.44. The smallest absolute Gasteiger partial charge is 0.191 e. The van der Waals surface area contributed by atoms with Crippen LogP contribution in [0.3, 0.4) is 0 Å². The van der Waals surface area contributed by atoms with E-state index in [1.54, 1.807) is 24.5 Å². The number of halogens is 2. The number of rotatable bonds is 4. The normalized spacial score (nSPS) is 10.9. The third kappa shape index (κ3) is 5.50. The highest BCUT2D eigenvalue weighted by Crippen LogP contribution is 2.15. The van der Waals surface area contributed by atoms with Crippen molar-refractivity contribution in [1.82, 2.24) is 10.6 Å². The first kappa shape index (κ1) is 17.7. The molecule has 2 rings (SSSR count). The molecule has 0 amide bonds. The molecule has 21 heavy (non-hydrogen) atoms. The number of nitrogens with one attached hydrogen (secondary N) is 2. The van der Waals surface area contributed by atoms with Gasteiger partial charge in [-0.1, -0.05) is 6.07 Å². The van der Waals surface area contributed by atoms with E-state index in [-0.39, 0.29) is 29.7 Å². The number of benzene rings is 1. The number of phenolic OH excluding ortho intramolecular Hbond substituents is 1. The highest BCUT2D eigenvalue weighted by molar-refractivity contribution is 14.0. The van der Waals surface area contributed by atoms with Gasteiger partial charge in [-0.05, 0) is 40.1 Å². The van der Waals surface area contributed by atoms with Gasteiger partial charge in [0.1, 0.15) is 0 Å². The summed E-state index contributed by atoms with van der Waals surface area (Å²) in [7, 11) is 1.68. The molecule has 3 N–H and O–H groups in total. The second-order valence-corrected chi connectivity index (χ2v) is 4.98. The van der Waals surface area contributed by atoms with Gasteiger partial charge in [0.25, 0.3) is 0 Å². The van der Waals surface area contributed by atoms with Crippen LogP contribution < -0.4 is 10.6 Å². The van der Waals surface area contributed by atoms with E-state index in [1.807, 2.05) is 11.4 Å². The summed E-state index contributed by atoms with van der Waals surface area (Å²) in [5, 5.41) is 19.5. The molecular formula is C14H17FIN3OS. The van der Waals surface area contributed by atoms with E-state index in [1.165, 1.54) is 17.7 Å². The lowest BCUT2D eigenvalue weighted by Crippen LogP contribution is -2.36. The van der Waals surface area contributed by atoms with E-state index >= 15 is 0 Å². The van der Waals surface area contributed by atoms with E-state index in [0.29, 0.717) is 19.0 Å². The lowest BCUT2D eigenvalue weighted by molar-refractivity contribution is 0.431. The van der Waals surface area contributed by atoms with E-state index < -0.39 is 5.82 Å². The van der Waals surface area contributed by atoms with Crippen molar-refractivity contribution in [2.24, 2.45) is 4.99 Å². The van der Waals surface area contributed by atoms with Crippen LogP contribution >= 0.6 is 35.3 Å². The average Bonchev–Trinajstić information content (AvgIpc) is 2.96. The molecule has 0 bridgehead atoms. The summed E-state index contributed by atoms with van der Waals surface area (Å²) in [6.45, 7) is 1.12. The molecule has 0 aliphatic rings. The highest BCUT2D eigenvalue weighted by atomic mass is 127. The first-order valence-corrected chi connectivity index (χ1v) is 7.06. The third-order valence-corrected chi connectivity index (χ3v) is 3.47. The number of thiophene rings is 1. The van der Waals surface area contributed by atoms with Gasteiger partial charge in [-0.3, -0.25) is 4.99 Å². The van der Waals surface area contributed by atoms with Gasteiger partial charge in [-0.15, -0.1) is 24.0 Å². The predicted octanol–water partition coefficient (Wildman–Crippen LogP) is 3.08. The summed E-state index contributed by atoms with van der Waals surface area (Å²) in [4.78, 5) is 4.10. The van der Waals surface area contributed by atoms with Crippen molar-refractivity contribution < 1.29 is 9.50 Å². The van der Waals surface area contributed by atoms with Gasteiger partial charge in [-0.25, -0.2) is 4.39 Å². The molecule has 114 valence electrons. The van der Waals surface area contributed by atoms with Crippen molar-refractivity contribution >= 4 is 41.3 Å². The van der Waals surface area contributed by atoms with Crippen LogP contribution in [0.15, 0.2) is 40.0 Å². The van der Waals surface area contributed by atoms with E-state index in [4.69, 9.17) is 5.11 Å². The minimum absolute atomic E-state index is 0. The molecule has 0 atom stereocenters. The second-order valence-electron chi connectivity index (χ2n) is 4.20. The Morgan fingerprint density at radius 2 is 1.95 bits per heavy atom. The molecule has 0 fully saturated rings. The fourth-order valence-electron chi connectivity index (χ4n) is 1.65. The number of phenols is 1. The average molecular weight is 421 g/mol. The Morgan fingerprint density at radius 3 is 2.52 bits per heavy atom. The fourth-order valence-corrected chi connectivity index (χ4v) is 2.31. The lowest BCUT2D eigenvalue weighted by atomic mass is 10.2. The molecule has 7 heteroatoms. The van der Waals surface area contributed by atoms with Crippen molar-refractivity contribution in [3.05, 3.63) is 52.0 Å². The van der Waals surface area contributed by atoms with Crippen LogP contribution in [-0.2, 0) is 13.1 Å². The van der Waals surface area contributed by atoms with Crippen LogP contribution in [0, 0.1) is 5.82 Å². The van der Waals surface area contributed by atoms with E-state index in [0.717, 1.165) is 5.56 Å². The molecule has 0 saturated heterocycles. The van der Waals surface area contributed by atoms with Gasteiger partial charge < -0.3 is 15.7 Å². The molecule has 0 spiro atoms. The quantitative estimate of drug-likeness (QED) is 0.404. The number of hydrogen-bond donors (Lipinski definition) is 3. The summed E-state index contributed by atoms with van der Waals surface area (Å²) >= 11 is 1.65. The maximum absolute atomic E-state index is 13.2. The number of aromatic hydroxyl groups is 1. The lowest BCUT2D eigenvalue weighted by Gasteiger charge is -2.11. The molecule has 0 radical (unpaired) electrons. The van der Waals surface area contributed by atoms with Crippen molar-refractivity contribution in [3.8, 4) is 5.75 Å². The zero-order valence-corrected chi connectivity index (χ0v) is 14.6. The minimum atomic E-state index is -0.620. The van der Waals surface area contributed by atoms with E-state index in [9.17, 15) is 4.39 Å². The third-order valence-electron chi connectivity index (χ3n) is 2.74. The minimum Gasteiger partial charge on any atom is -0.505 e. The monoisotopic (exact) mass is 421 g/mol. The fraction of sp³-hybridized carbons (Fsp3) is 0.214. The van der Waals surface area contributed by atoms with Crippen LogP contribution in [-0.4, -0.2) is 18.1 Å². The Balaban J connectivity index is 0.00000220. The molecule has 0 aliphatic heterocycles. The van der Waals surface area contributed by atoms with Crippen molar-refractivity contribution in [2.45, 2.75) is 13.1 Å². The van der Waals surface area contributed by atoms with Crippen molar-refractivity contribution in [2.75, 3.05) is 7.05 Å². The largest absolute Gasteiger partial charge is 0.505 e. The Hall–Kier alpha value is -1.35. The highest BCUT2D eigenvalue weighted by Gasteiger charge is 2.03. The molecule has 0 unspecified atom stereocenters. The van der Waals surface area contributed by atoms with Crippen molar-refractivity contribution in [1.29, 1.82) is 0 Å². The summed E-state index contributed by atoms with van der Waals surface area (Å²) < 4.78 is 13.2. The second kappa shape index (κ2) is 8.83. The molecule has 0 saturated carbocycles. The topological polar surface area (TPSA) is 56.7 Å². The molecule has 2 aromatic rings. The van der Waals surface area contributed by atoms with Gasteiger partial charge in [-0.2, -0.15) is 11.3 Å². The summed E-state index contributed by atoms with van der Waals surface area (Å²) in [5.41, 5.74) is 1.92. The zero-order chi connectivity index (χ0) is 14.4. The van der Waals surface area contributed by atoms with Crippen LogP contribution in [0.2, 0.25) is 0 Å². The Morgan fingerprint density at radius 1 is 1.24 bits per heavy atom. The molecule has 1 heterocycles. The Labute approximate surface area is 144 Å². The van der Waals surface area contributed by atoms with Gasteiger partial charge >= 0.3 is 0 Å². The van der Waals surface area contributed by atoms with Crippen LogP contribution in [0.5, 0.6) is 5.75 Å². The van der Waals surface area contributed by atoms with Crippen LogP contribution in [0.4, 0.5) is 4.39 Å². The van der Waals surface area contributed by atoms with Crippen LogP contribution in [0.1, 0.15) is 11.1 Å². The van der Waals surface area contributed by atoms with Gasteiger partial charge in [0.2, 0.25) is 0 Å².